The second kappa shape index (κ2) is 6.45. The van der Waals surface area contributed by atoms with E-state index in [9.17, 15) is 14.4 Å². The molecule has 0 aromatic heterocycles. The Labute approximate surface area is 124 Å². The van der Waals surface area contributed by atoms with Gasteiger partial charge in [-0.05, 0) is 31.6 Å². The minimum Gasteiger partial charge on any atom is -0.480 e. The first-order chi connectivity index (χ1) is 9.90. The molecule has 6 nitrogen and oxygen atoms in total. The Hall–Kier alpha value is -1.59. The molecule has 6 heteroatoms. The third-order valence-electron chi connectivity index (χ3n) is 4.26. The van der Waals surface area contributed by atoms with E-state index in [1.807, 2.05) is 0 Å². The molecule has 1 unspecified atom stereocenters. The number of amides is 2. The molecule has 2 fully saturated rings. The number of carboxylic acids is 1. The molecule has 21 heavy (non-hydrogen) atoms. The predicted molar refractivity (Wildman–Crippen MR) is 76.4 cm³/mol. The van der Waals surface area contributed by atoms with Crippen LogP contribution in [-0.2, 0) is 14.4 Å². The van der Waals surface area contributed by atoms with Crippen LogP contribution in [0.15, 0.2) is 0 Å². The number of carbonyl (C=O) groups excluding carboxylic acids is 2. The van der Waals surface area contributed by atoms with Crippen molar-refractivity contribution in [2.24, 2.45) is 17.8 Å². The summed E-state index contributed by atoms with van der Waals surface area (Å²) in [4.78, 5) is 37.3. The Balaban J connectivity index is 1.92. The zero-order valence-corrected chi connectivity index (χ0v) is 12.7. The minimum atomic E-state index is -1.01. The van der Waals surface area contributed by atoms with Gasteiger partial charge in [0.2, 0.25) is 11.8 Å². The highest BCUT2D eigenvalue weighted by atomic mass is 16.4. The van der Waals surface area contributed by atoms with Gasteiger partial charge in [-0.25, -0.2) is 4.79 Å². The summed E-state index contributed by atoms with van der Waals surface area (Å²) in [6, 6.07) is -0.869. The summed E-state index contributed by atoms with van der Waals surface area (Å²) in [5.74, 6) is -1.40. The number of nitrogens with one attached hydrogen (secondary N) is 1. The van der Waals surface area contributed by atoms with Gasteiger partial charge in [-0.1, -0.05) is 13.8 Å². The van der Waals surface area contributed by atoms with Gasteiger partial charge in [0.25, 0.3) is 0 Å². The predicted octanol–water partition coefficient (Wildman–Crippen LogP) is 0.860. The van der Waals surface area contributed by atoms with Crippen LogP contribution in [0.2, 0.25) is 0 Å². The van der Waals surface area contributed by atoms with Crippen molar-refractivity contribution in [3.05, 3.63) is 0 Å². The third kappa shape index (κ3) is 3.95. The molecule has 1 saturated carbocycles. The van der Waals surface area contributed by atoms with E-state index in [0.717, 1.165) is 19.3 Å². The molecule has 1 aliphatic carbocycles. The number of piperidine rings is 1. The van der Waals surface area contributed by atoms with Gasteiger partial charge >= 0.3 is 5.97 Å². The van der Waals surface area contributed by atoms with E-state index in [2.05, 4.69) is 5.32 Å². The van der Waals surface area contributed by atoms with Gasteiger partial charge in [-0.2, -0.15) is 0 Å². The molecule has 1 aliphatic heterocycles. The Morgan fingerprint density at radius 3 is 2.33 bits per heavy atom. The molecule has 0 bridgehead atoms. The average molecular weight is 296 g/mol. The van der Waals surface area contributed by atoms with Crippen LogP contribution in [0.3, 0.4) is 0 Å². The molecular weight excluding hydrogens is 272 g/mol. The summed E-state index contributed by atoms with van der Waals surface area (Å²) in [6.07, 6.45) is 3.43. The molecule has 0 aromatic rings. The number of likely N-dealkylation sites (tertiary alicyclic amines) is 1. The van der Waals surface area contributed by atoms with Crippen LogP contribution in [0, 0.1) is 17.8 Å². The van der Waals surface area contributed by atoms with Crippen molar-refractivity contribution in [3.63, 3.8) is 0 Å². The summed E-state index contributed by atoms with van der Waals surface area (Å²) >= 11 is 0. The smallest absolute Gasteiger partial charge is 0.326 e. The quantitative estimate of drug-likeness (QED) is 0.788. The lowest BCUT2D eigenvalue weighted by atomic mass is 9.95. The van der Waals surface area contributed by atoms with Gasteiger partial charge in [-0.3, -0.25) is 9.59 Å². The van der Waals surface area contributed by atoms with Crippen LogP contribution >= 0.6 is 0 Å². The van der Waals surface area contributed by atoms with Crippen molar-refractivity contribution in [2.45, 2.75) is 45.6 Å². The Bertz CT molecular complexity index is 431. The van der Waals surface area contributed by atoms with Crippen LogP contribution in [0.25, 0.3) is 0 Å². The van der Waals surface area contributed by atoms with Gasteiger partial charge in [0.1, 0.15) is 6.04 Å². The lowest BCUT2D eigenvalue weighted by Gasteiger charge is -2.33. The summed E-state index contributed by atoms with van der Waals surface area (Å²) in [5, 5.41) is 11.7. The van der Waals surface area contributed by atoms with Gasteiger partial charge in [0, 0.05) is 19.0 Å². The average Bonchev–Trinajstić information content (AvgIpc) is 3.27. The number of carboxylic acid groups (broad SMARTS) is 1. The first kappa shape index (κ1) is 15.8. The standard InChI is InChI=1S/C15H24N2O4/c1-9(2)12(15(20)21)16-13(18)11-4-3-7-17(8-11)14(19)10-5-6-10/h9-12H,3-8H2,1-2H3,(H,16,18)(H,20,21)/t11?,12-/m0/s1. The minimum absolute atomic E-state index is 0.158. The molecule has 1 saturated heterocycles. The second-order valence-corrected chi connectivity index (χ2v) is 6.47. The zero-order chi connectivity index (χ0) is 15.6. The number of hydrogen-bond acceptors (Lipinski definition) is 3. The summed E-state index contributed by atoms with van der Waals surface area (Å²) < 4.78 is 0. The molecule has 0 radical (unpaired) electrons. The van der Waals surface area contributed by atoms with E-state index in [1.54, 1.807) is 18.7 Å². The Kier molecular flexibility index (Phi) is 4.85. The molecule has 2 aliphatic rings. The number of hydrogen-bond donors (Lipinski definition) is 2. The van der Waals surface area contributed by atoms with Crippen LogP contribution < -0.4 is 5.32 Å². The lowest BCUT2D eigenvalue weighted by Crippen LogP contribution is -2.51. The topological polar surface area (TPSA) is 86.7 Å². The van der Waals surface area contributed by atoms with E-state index >= 15 is 0 Å². The van der Waals surface area contributed by atoms with Crippen molar-refractivity contribution < 1.29 is 19.5 Å². The molecule has 2 rings (SSSR count). The zero-order valence-electron chi connectivity index (χ0n) is 12.7. The largest absolute Gasteiger partial charge is 0.480 e. The fourth-order valence-corrected chi connectivity index (χ4v) is 2.76. The van der Waals surface area contributed by atoms with Crippen molar-refractivity contribution in [3.8, 4) is 0 Å². The van der Waals surface area contributed by atoms with Crippen LogP contribution in [0.1, 0.15) is 39.5 Å². The van der Waals surface area contributed by atoms with E-state index in [4.69, 9.17) is 5.11 Å². The van der Waals surface area contributed by atoms with E-state index in [0.29, 0.717) is 19.5 Å². The van der Waals surface area contributed by atoms with Crippen LogP contribution in [0.4, 0.5) is 0 Å². The fourth-order valence-electron chi connectivity index (χ4n) is 2.76. The number of aliphatic carboxylic acids is 1. The highest BCUT2D eigenvalue weighted by molar-refractivity contribution is 5.86. The molecule has 0 aromatic carbocycles. The molecule has 2 atom stereocenters. The van der Waals surface area contributed by atoms with Crippen LogP contribution in [0.5, 0.6) is 0 Å². The maximum absolute atomic E-state index is 12.3. The number of rotatable bonds is 5. The SMILES string of the molecule is CC(C)[C@H](NC(=O)C1CCCN(C(=O)C2CC2)C1)C(=O)O. The van der Waals surface area contributed by atoms with Crippen molar-refractivity contribution in [1.82, 2.24) is 10.2 Å². The molecule has 118 valence electrons. The first-order valence-electron chi connectivity index (χ1n) is 7.72. The molecular formula is C15H24N2O4. The monoisotopic (exact) mass is 296 g/mol. The van der Waals surface area contributed by atoms with E-state index in [-0.39, 0.29) is 29.6 Å². The van der Waals surface area contributed by atoms with E-state index in [1.165, 1.54) is 0 Å². The molecule has 0 spiro atoms. The maximum atomic E-state index is 12.3. The lowest BCUT2D eigenvalue weighted by molar-refractivity contribution is -0.145. The summed E-state index contributed by atoms with van der Waals surface area (Å²) in [6.45, 7) is 4.67. The second-order valence-electron chi connectivity index (χ2n) is 6.47. The number of carbonyl (C=O) groups is 3. The van der Waals surface area contributed by atoms with Gasteiger partial charge < -0.3 is 15.3 Å². The third-order valence-corrected chi connectivity index (χ3v) is 4.26. The molecule has 2 N–H and O–H groups in total. The van der Waals surface area contributed by atoms with Gasteiger partial charge in [-0.15, -0.1) is 0 Å². The van der Waals surface area contributed by atoms with Gasteiger partial charge in [0.05, 0.1) is 5.92 Å². The van der Waals surface area contributed by atoms with Crippen molar-refractivity contribution >= 4 is 17.8 Å². The highest BCUT2D eigenvalue weighted by Crippen LogP contribution is 2.32. The number of nitrogens with zero attached hydrogens (tertiary/aromatic N) is 1. The maximum Gasteiger partial charge on any atom is 0.326 e. The molecule has 2 amide bonds. The first-order valence-corrected chi connectivity index (χ1v) is 7.72. The van der Waals surface area contributed by atoms with Gasteiger partial charge in [0.15, 0.2) is 0 Å². The summed E-state index contributed by atoms with van der Waals surface area (Å²) in [7, 11) is 0. The Morgan fingerprint density at radius 2 is 1.81 bits per heavy atom. The normalized spacial score (nSPS) is 23.8. The van der Waals surface area contributed by atoms with E-state index < -0.39 is 12.0 Å². The molecule has 1 heterocycles. The summed E-state index contributed by atoms with van der Waals surface area (Å²) in [5.41, 5.74) is 0. The van der Waals surface area contributed by atoms with Crippen LogP contribution in [-0.4, -0.2) is 46.9 Å². The van der Waals surface area contributed by atoms with Crippen molar-refractivity contribution in [2.75, 3.05) is 13.1 Å². The fraction of sp³-hybridized carbons (Fsp3) is 0.800. The van der Waals surface area contributed by atoms with Crippen molar-refractivity contribution in [1.29, 1.82) is 0 Å². The highest BCUT2D eigenvalue weighted by Gasteiger charge is 2.37. The Morgan fingerprint density at radius 1 is 1.14 bits per heavy atom.